The van der Waals surface area contributed by atoms with Crippen molar-refractivity contribution in [1.29, 1.82) is 0 Å². The molecule has 1 unspecified atom stereocenters. The Kier molecular flexibility index (Phi) is 1.91. The maximum atomic E-state index is 12.9. The molecule has 1 aromatic carbocycles. The van der Waals surface area contributed by atoms with E-state index in [0.29, 0.717) is 12.1 Å². The lowest BCUT2D eigenvalue weighted by Crippen LogP contribution is -2.19. The standard InChI is InChI=1S/C10H10FNO2/c1-12-5-8(10(13)14)7-4-6(11)2-3-9(7)12/h2-4,8H,5H2,1H3,(H,13,14). The van der Waals surface area contributed by atoms with Crippen LogP contribution in [0.15, 0.2) is 18.2 Å². The monoisotopic (exact) mass is 195 g/mol. The molecule has 2 rings (SSSR count). The number of aliphatic carboxylic acids is 1. The van der Waals surface area contributed by atoms with Crippen LogP contribution in [-0.4, -0.2) is 24.7 Å². The van der Waals surface area contributed by atoms with Crippen LogP contribution in [-0.2, 0) is 4.79 Å². The van der Waals surface area contributed by atoms with Crippen LogP contribution >= 0.6 is 0 Å². The van der Waals surface area contributed by atoms with Crippen molar-refractivity contribution in [2.24, 2.45) is 0 Å². The molecule has 0 fully saturated rings. The molecule has 1 aliphatic rings. The molecule has 14 heavy (non-hydrogen) atoms. The molecule has 0 saturated heterocycles. The minimum atomic E-state index is -0.902. The average Bonchev–Trinajstić information content (AvgIpc) is 2.43. The number of likely N-dealkylation sites (N-methyl/N-ethyl adjacent to an activating group) is 1. The Bertz CT molecular complexity index is 392. The number of fused-ring (bicyclic) bond motifs is 1. The van der Waals surface area contributed by atoms with Crippen LogP contribution in [0.4, 0.5) is 10.1 Å². The van der Waals surface area contributed by atoms with E-state index in [-0.39, 0.29) is 5.82 Å². The van der Waals surface area contributed by atoms with Crippen molar-refractivity contribution in [2.75, 3.05) is 18.5 Å². The van der Waals surface area contributed by atoms with Gasteiger partial charge in [-0.2, -0.15) is 0 Å². The van der Waals surface area contributed by atoms with Crippen molar-refractivity contribution in [2.45, 2.75) is 5.92 Å². The largest absolute Gasteiger partial charge is 0.481 e. The van der Waals surface area contributed by atoms with Gasteiger partial charge in [-0.05, 0) is 23.8 Å². The molecule has 0 aromatic heterocycles. The van der Waals surface area contributed by atoms with Crippen LogP contribution in [0.1, 0.15) is 11.5 Å². The van der Waals surface area contributed by atoms with E-state index in [0.717, 1.165) is 5.69 Å². The second kappa shape index (κ2) is 2.97. The molecule has 0 radical (unpaired) electrons. The molecule has 0 aliphatic carbocycles. The lowest BCUT2D eigenvalue weighted by molar-refractivity contribution is -0.138. The molecule has 0 bridgehead atoms. The fraction of sp³-hybridized carbons (Fsp3) is 0.300. The molecular weight excluding hydrogens is 185 g/mol. The summed E-state index contributed by atoms with van der Waals surface area (Å²) in [5, 5.41) is 8.92. The van der Waals surface area contributed by atoms with Gasteiger partial charge in [0.25, 0.3) is 0 Å². The molecule has 0 saturated carbocycles. The van der Waals surface area contributed by atoms with Crippen molar-refractivity contribution >= 4 is 11.7 Å². The van der Waals surface area contributed by atoms with Crippen LogP contribution in [0.5, 0.6) is 0 Å². The number of benzene rings is 1. The molecule has 1 aromatic rings. The van der Waals surface area contributed by atoms with Crippen LogP contribution in [0.3, 0.4) is 0 Å². The predicted molar refractivity (Wildman–Crippen MR) is 50.0 cm³/mol. The Hall–Kier alpha value is -1.58. The number of anilines is 1. The summed E-state index contributed by atoms with van der Waals surface area (Å²) >= 11 is 0. The first kappa shape index (κ1) is 8.99. The third-order valence-electron chi connectivity index (χ3n) is 2.53. The fourth-order valence-corrected chi connectivity index (χ4v) is 1.83. The second-order valence-corrected chi connectivity index (χ2v) is 3.47. The van der Waals surface area contributed by atoms with Crippen LogP contribution in [0, 0.1) is 5.82 Å². The molecule has 0 spiro atoms. The third kappa shape index (κ3) is 1.23. The zero-order valence-electron chi connectivity index (χ0n) is 7.70. The summed E-state index contributed by atoms with van der Waals surface area (Å²) in [5.74, 6) is -1.89. The SMILES string of the molecule is CN1CC(C(=O)O)c2cc(F)ccc21. The van der Waals surface area contributed by atoms with Gasteiger partial charge in [-0.3, -0.25) is 4.79 Å². The normalized spacial score (nSPS) is 19.6. The van der Waals surface area contributed by atoms with Gasteiger partial charge in [-0.15, -0.1) is 0 Å². The van der Waals surface area contributed by atoms with Gasteiger partial charge >= 0.3 is 5.97 Å². The van der Waals surface area contributed by atoms with Gasteiger partial charge in [0, 0.05) is 19.3 Å². The maximum Gasteiger partial charge on any atom is 0.312 e. The number of halogens is 1. The highest BCUT2D eigenvalue weighted by molar-refractivity contribution is 5.82. The lowest BCUT2D eigenvalue weighted by atomic mass is 10.0. The molecule has 1 heterocycles. The topological polar surface area (TPSA) is 40.5 Å². The van der Waals surface area contributed by atoms with Gasteiger partial charge in [0.15, 0.2) is 0 Å². The van der Waals surface area contributed by atoms with Gasteiger partial charge < -0.3 is 10.0 Å². The average molecular weight is 195 g/mol. The third-order valence-corrected chi connectivity index (χ3v) is 2.53. The zero-order valence-corrected chi connectivity index (χ0v) is 7.70. The van der Waals surface area contributed by atoms with Gasteiger partial charge in [0.2, 0.25) is 0 Å². The summed E-state index contributed by atoms with van der Waals surface area (Å²) in [4.78, 5) is 12.7. The Morgan fingerprint density at radius 1 is 1.64 bits per heavy atom. The Morgan fingerprint density at radius 2 is 2.36 bits per heavy atom. The number of carbonyl (C=O) groups is 1. The van der Waals surface area contributed by atoms with E-state index in [1.165, 1.54) is 12.1 Å². The molecule has 4 heteroatoms. The smallest absolute Gasteiger partial charge is 0.312 e. The zero-order chi connectivity index (χ0) is 10.3. The summed E-state index contributed by atoms with van der Waals surface area (Å²) in [7, 11) is 1.81. The van der Waals surface area contributed by atoms with Gasteiger partial charge in [-0.1, -0.05) is 0 Å². The van der Waals surface area contributed by atoms with E-state index in [1.807, 2.05) is 4.90 Å². The molecule has 0 amide bonds. The van der Waals surface area contributed by atoms with Gasteiger partial charge in [0.1, 0.15) is 11.7 Å². The summed E-state index contributed by atoms with van der Waals surface area (Å²) in [6, 6.07) is 4.27. The minimum Gasteiger partial charge on any atom is -0.481 e. The summed E-state index contributed by atoms with van der Waals surface area (Å²) in [6.07, 6.45) is 0. The lowest BCUT2D eigenvalue weighted by Gasteiger charge is -2.10. The van der Waals surface area contributed by atoms with Crippen molar-refractivity contribution in [1.82, 2.24) is 0 Å². The highest BCUT2D eigenvalue weighted by atomic mass is 19.1. The van der Waals surface area contributed by atoms with Crippen molar-refractivity contribution in [3.8, 4) is 0 Å². The van der Waals surface area contributed by atoms with E-state index in [1.54, 1.807) is 13.1 Å². The van der Waals surface area contributed by atoms with Gasteiger partial charge in [-0.25, -0.2) is 4.39 Å². The van der Waals surface area contributed by atoms with E-state index in [9.17, 15) is 9.18 Å². The number of hydrogen-bond acceptors (Lipinski definition) is 2. The van der Waals surface area contributed by atoms with E-state index in [4.69, 9.17) is 5.11 Å². The van der Waals surface area contributed by atoms with E-state index >= 15 is 0 Å². The predicted octanol–water partition coefficient (Wildman–Crippen LogP) is 1.44. The minimum absolute atomic E-state index is 0.384. The van der Waals surface area contributed by atoms with Crippen LogP contribution in [0.25, 0.3) is 0 Å². The number of nitrogens with zero attached hydrogens (tertiary/aromatic N) is 1. The summed E-state index contributed by atoms with van der Waals surface area (Å²) < 4.78 is 12.9. The van der Waals surface area contributed by atoms with Crippen molar-refractivity contribution < 1.29 is 14.3 Å². The highest BCUT2D eigenvalue weighted by Crippen LogP contribution is 2.35. The number of carboxylic acid groups (broad SMARTS) is 1. The highest BCUT2D eigenvalue weighted by Gasteiger charge is 2.31. The number of hydrogen-bond donors (Lipinski definition) is 1. The maximum absolute atomic E-state index is 12.9. The van der Waals surface area contributed by atoms with E-state index in [2.05, 4.69) is 0 Å². The molecule has 74 valence electrons. The molecule has 3 nitrogen and oxygen atoms in total. The molecule has 1 aliphatic heterocycles. The molecular formula is C10H10FNO2. The second-order valence-electron chi connectivity index (χ2n) is 3.47. The Labute approximate surface area is 80.8 Å². The quantitative estimate of drug-likeness (QED) is 0.737. The van der Waals surface area contributed by atoms with Crippen molar-refractivity contribution in [3.05, 3.63) is 29.6 Å². The first-order valence-electron chi connectivity index (χ1n) is 4.33. The van der Waals surface area contributed by atoms with Crippen LogP contribution in [0.2, 0.25) is 0 Å². The van der Waals surface area contributed by atoms with E-state index < -0.39 is 11.9 Å². The number of carboxylic acids is 1. The molecule has 1 atom stereocenters. The van der Waals surface area contributed by atoms with Crippen LogP contribution < -0.4 is 4.90 Å². The Morgan fingerprint density at radius 3 is 3.00 bits per heavy atom. The molecule has 1 N–H and O–H groups in total. The van der Waals surface area contributed by atoms with Gasteiger partial charge in [0.05, 0.1) is 0 Å². The van der Waals surface area contributed by atoms with Crippen molar-refractivity contribution in [3.63, 3.8) is 0 Å². The first-order valence-corrected chi connectivity index (χ1v) is 4.33. The summed E-state index contributed by atoms with van der Waals surface area (Å²) in [5.41, 5.74) is 1.37. The number of rotatable bonds is 1. The summed E-state index contributed by atoms with van der Waals surface area (Å²) in [6.45, 7) is 0.411. The fourth-order valence-electron chi connectivity index (χ4n) is 1.83. The Balaban J connectivity index is 2.51. The first-order chi connectivity index (χ1) is 6.59.